The van der Waals surface area contributed by atoms with E-state index in [9.17, 15) is 0 Å². The van der Waals surface area contributed by atoms with Gasteiger partial charge in [0, 0.05) is 44.8 Å². The number of hydrogen-bond donors (Lipinski definition) is 2. The fourth-order valence-corrected chi connectivity index (χ4v) is 2.93. The van der Waals surface area contributed by atoms with Crippen LogP contribution in [0.15, 0.2) is 54.6 Å². The van der Waals surface area contributed by atoms with Gasteiger partial charge in [0.2, 0.25) is 5.78 Å². The molecule has 0 saturated heterocycles. The average molecular weight is 401 g/mol. The standard InChI is InChI=1S/C14H11N5S.2C2H4O2/c1-3-12(20-8-1)13-15-5-7-18(13)9-11-10-19-6-2-4-16-14(19)17-11;2*1-2(3)4/h1-8,10H,9H2;2*1H3,(H,3,4). The molecular formula is C18H19N5O4S. The Kier molecular flexibility index (Phi) is 7.40. The number of rotatable bonds is 3. The first-order valence-corrected chi connectivity index (χ1v) is 8.97. The Balaban J connectivity index is 0.000000302. The highest BCUT2D eigenvalue weighted by molar-refractivity contribution is 7.13. The quantitative estimate of drug-likeness (QED) is 0.541. The maximum atomic E-state index is 9.00. The molecule has 4 rings (SSSR count). The van der Waals surface area contributed by atoms with Gasteiger partial charge in [0.05, 0.1) is 17.1 Å². The van der Waals surface area contributed by atoms with Crippen LogP contribution >= 0.6 is 11.3 Å². The van der Waals surface area contributed by atoms with E-state index >= 15 is 0 Å². The van der Waals surface area contributed by atoms with E-state index in [1.165, 1.54) is 0 Å². The third-order valence-corrected chi connectivity index (χ3v) is 3.94. The minimum Gasteiger partial charge on any atom is -0.481 e. The van der Waals surface area contributed by atoms with Crippen molar-refractivity contribution < 1.29 is 19.8 Å². The van der Waals surface area contributed by atoms with Crippen molar-refractivity contribution in [2.75, 3.05) is 0 Å². The average Bonchev–Trinajstić information content (AvgIpc) is 3.34. The van der Waals surface area contributed by atoms with Crippen LogP contribution in [0.25, 0.3) is 16.5 Å². The molecule has 0 unspecified atom stereocenters. The lowest BCUT2D eigenvalue weighted by atomic mass is 10.4. The minimum absolute atomic E-state index is 0.691. The molecule has 28 heavy (non-hydrogen) atoms. The van der Waals surface area contributed by atoms with E-state index in [4.69, 9.17) is 19.8 Å². The van der Waals surface area contributed by atoms with E-state index in [-0.39, 0.29) is 0 Å². The second-order valence-corrected chi connectivity index (χ2v) is 6.40. The van der Waals surface area contributed by atoms with Crippen LogP contribution in [0.1, 0.15) is 19.5 Å². The molecule has 0 spiro atoms. The minimum atomic E-state index is -0.833. The maximum absolute atomic E-state index is 9.00. The van der Waals surface area contributed by atoms with E-state index in [0.29, 0.717) is 6.54 Å². The van der Waals surface area contributed by atoms with Crippen molar-refractivity contribution in [3.63, 3.8) is 0 Å². The Morgan fingerprint density at radius 2 is 1.79 bits per heavy atom. The van der Waals surface area contributed by atoms with Gasteiger partial charge >= 0.3 is 0 Å². The lowest BCUT2D eigenvalue weighted by molar-refractivity contribution is -0.135. The molecule has 4 aromatic rings. The van der Waals surface area contributed by atoms with Gasteiger partial charge in [-0.2, -0.15) is 0 Å². The molecule has 10 heteroatoms. The Bertz CT molecular complexity index is 986. The summed E-state index contributed by atoms with van der Waals surface area (Å²) in [5, 5.41) is 16.9. The number of imidazole rings is 2. The number of carbonyl (C=O) groups is 2. The molecule has 0 aliphatic heterocycles. The van der Waals surface area contributed by atoms with Crippen molar-refractivity contribution in [3.8, 4) is 10.7 Å². The second kappa shape index (κ2) is 9.97. The van der Waals surface area contributed by atoms with Gasteiger partial charge in [-0.1, -0.05) is 6.07 Å². The van der Waals surface area contributed by atoms with Crippen molar-refractivity contribution in [1.29, 1.82) is 0 Å². The Hall–Kier alpha value is -3.53. The van der Waals surface area contributed by atoms with Crippen molar-refractivity contribution in [3.05, 3.63) is 60.3 Å². The lowest BCUT2D eigenvalue weighted by Gasteiger charge is -2.03. The van der Waals surface area contributed by atoms with Crippen LogP contribution in [0.2, 0.25) is 0 Å². The zero-order valence-electron chi connectivity index (χ0n) is 15.3. The maximum Gasteiger partial charge on any atom is 0.300 e. The summed E-state index contributed by atoms with van der Waals surface area (Å²) >= 11 is 1.69. The molecule has 0 saturated carbocycles. The SMILES string of the molecule is CC(=O)O.CC(=O)O.c1csc(-c2nccn2Cc2cn3cccnc3n2)c1. The molecule has 0 bridgehead atoms. The highest BCUT2D eigenvalue weighted by atomic mass is 32.1. The molecule has 146 valence electrons. The molecule has 0 fully saturated rings. The predicted octanol–water partition coefficient (Wildman–Crippen LogP) is 2.88. The largest absolute Gasteiger partial charge is 0.481 e. The molecule has 9 nitrogen and oxygen atoms in total. The zero-order valence-corrected chi connectivity index (χ0v) is 16.1. The number of aromatic nitrogens is 5. The molecule has 0 aliphatic rings. The molecule has 0 aliphatic carbocycles. The fraction of sp³-hybridized carbons (Fsp3) is 0.167. The highest BCUT2D eigenvalue weighted by Gasteiger charge is 2.09. The van der Waals surface area contributed by atoms with Crippen LogP contribution in [-0.4, -0.2) is 46.1 Å². The Labute approximate surface area is 164 Å². The number of carboxylic acids is 2. The van der Waals surface area contributed by atoms with Gasteiger partial charge in [-0.15, -0.1) is 11.3 Å². The van der Waals surface area contributed by atoms with Crippen molar-refractivity contribution in [1.82, 2.24) is 23.9 Å². The normalized spacial score (nSPS) is 9.79. The molecule has 0 aromatic carbocycles. The van der Waals surface area contributed by atoms with Gasteiger partial charge in [0.25, 0.3) is 11.9 Å². The third-order valence-electron chi connectivity index (χ3n) is 3.07. The monoisotopic (exact) mass is 401 g/mol. The lowest BCUT2D eigenvalue weighted by Crippen LogP contribution is -2.00. The van der Waals surface area contributed by atoms with Crippen LogP contribution in [0, 0.1) is 0 Å². The third kappa shape index (κ3) is 6.32. The van der Waals surface area contributed by atoms with Crippen LogP contribution in [0.3, 0.4) is 0 Å². The molecule has 4 heterocycles. The predicted molar refractivity (Wildman–Crippen MR) is 104 cm³/mol. The number of nitrogens with zero attached hydrogens (tertiary/aromatic N) is 5. The summed E-state index contributed by atoms with van der Waals surface area (Å²) in [7, 11) is 0. The van der Waals surface area contributed by atoms with Crippen LogP contribution in [0.4, 0.5) is 0 Å². The Morgan fingerprint density at radius 3 is 2.39 bits per heavy atom. The first-order chi connectivity index (χ1) is 13.4. The van der Waals surface area contributed by atoms with Crippen LogP contribution in [-0.2, 0) is 16.1 Å². The molecule has 4 aromatic heterocycles. The Morgan fingerprint density at radius 1 is 1.07 bits per heavy atom. The number of fused-ring (bicyclic) bond motifs is 1. The van der Waals surface area contributed by atoms with Crippen LogP contribution in [0.5, 0.6) is 0 Å². The van der Waals surface area contributed by atoms with Gasteiger partial charge in [0.1, 0.15) is 5.82 Å². The van der Waals surface area contributed by atoms with Gasteiger partial charge in [-0.25, -0.2) is 15.0 Å². The van der Waals surface area contributed by atoms with Gasteiger partial charge in [-0.3, -0.25) is 14.0 Å². The molecule has 0 amide bonds. The summed E-state index contributed by atoms with van der Waals surface area (Å²) in [6, 6.07) is 6.01. The van der Waals surface area contributed by atoms with Gasteiger partial charge < -0.3 is 14.8 Å². The zero-order chi connectivity index (χ0) is 20.5. The fourth-order valence-electron chi connectivity index (χ4n) is 2.20. The van der Waals surface area contributed by atoms with E-state index in [2.05, 4.69) is 31.0 Å². The summed E-state index contributed by atoms with van der Waals surface area (Å²) in [6.45, 7) is 2.86. The number of thiophene rings is 1. The molecule has 2 N–H and O–H groups in total. The summed E-state index contributed by atoms with van der Waals surface area (Å²) in [5.74, 6) is 0.0327. The smallest absolute Gasteiger partial charge is 0.300 e. The topological polar surface area (TPSA) is 123 Å². The molecule has 0 atom stereocenters. The van der Waals surface area contributed by atoms with E-state index in [1.54, 1.807) is 17.5 Å². The first kappa shape index (κ1) is 20.8. The summed E-state index contributed by atoms with van der Waals surface area (Å²) < 4.78 is 4.03. The summed E-state index contributed by atoms with van der Waals surface area (Å²) in [5.41, 5.74) is 0.972. The van der Waals surface area contributed by atoms with Crippen molar-refractivity contribution in [2.45, 2.75) is 20.4 Å². The van der Waals surface area contributed by atoms with Gasteiger partial charge in [0.15, 0.2) is 0 Å². The van der Waals surface area contributed by atoms with E-state index in [1.807, 2.05) is 41.3 Å². The molecule has 0 radical (unpaired) electrons. The molecular weight excluding hydrogens is 382 g/mol. The van der Waals surface area contributed by atoms with E-state index in [0.717, 1.165) is 36.0 Å². The number of hydrogen-bond acceptors (Lipinski definition) is 6. The van der Waals surface area contributed by atoms with Crippen molar-refractivity contribution >= 4 is 29.1 Å². The van der Waals surface area contributed by atoms with Crippen LogP contribution < -0.4 is 0 Å². The highest BCUT2D eigenvalue weighted by Crippen LogP contribution is 2.23. The first-order valence-electron chi connectivity index (χ1n) is 8.09. The summed E-state index contributed by atoms with van der Waals surface area (Å²) in [4.78, 5) is 32.3. The van der Waals surface area contributed by atoms with E-state index < -0.39 is 11.9 Å². The van der Waals surface area contributed by atoms with Gasteiger partial charge in [-0.05, 0) is 17.5 Å². The van der Waals surface area contributed by atoms with Crippen molar-refractivity contribution in [2.24, 2.45) is 0 Å². The number of carboxylic acid groups (broad SMARTS) is 2. The number of aliphatic carboxylic acids is 2. The summed E-state index contributed by atoms with van der Waals surface area (Å²) in [6.07, 6.45) is 9.50. The second-order valence-electron chi connectivity index (χ2n) is 5.45.